The van der Waals surface area contributed by atoms with E-state index >= 15 is 0 Å². The van der Waals surface area contributed by atoms with Crippen molar-refractivity contribution in [3.63, 3.8) is 0 Å². The number of ether oxygens (including phenoxy) is 1. The number of nitrogens with zero attached hydrogens (tertiary/aromatic N) is 3. The molecule has 0 aliphatic carbocycles. The molecule has 2 heterocycles. The molecular formula is C9H8N4O4S2. The number of esters is 1. The van der Waals surface area contributed by atoms with E-state index in [0.29, 0.717) is 9.50 Å². The highest BCUT2D eigenvalue weighted by molar-refractivity contribution is 8.00. The van der Waals surface area contributed by atoms with Crippen molar-refractivity contribution in [3.8, 4) is 0 Å². The molecular weight excluding hydrogens is 292 g/mol. The summed E-state index contributed by atoms with van der Waals surface area (Å²) < 4.78 is 5.26. The summed E-state index contributed by atoms with van der Waals surface area (Å²) in [5.74, 6) is -0.518. The molecule has 0 amide bonds. The smallest absolute Gasteiger partial charge is 0.358 e. The maximum absolute atomic E-state index is 11.4. The number of carbonyl (C=O) groups is 1. The number of hydrogen-bond donors (Lipinski definition) is 1. The minimum absolute atomic E-state index is 0.0420. The molecule has 0 radical (unpaired) electrons. The van der Waals surface area contributed by atoms with Gasteiger partial charge in [0.05, 0.1) is 11.5 Å². The first-order valence-electron chi connectivity index (χ1n) is 5.10. The van der Waals surface area contributed by atoms with E-state index in [1.807, 2.05) is 0 Å². The Morgan fingerprint density at radius 2 is 2.47 bits per heavy atom. The fraction of sp³-hybridized carbons (Fsp3) is 0.222. The molecule has 0 saturated heterocycles. The van der Waals surface area contributed by atoms with Gasteiger partial charge in [0.25, 0.3) is 0 Å². The van der Waals surface area contributed by atoms with Crippen LogP contribution in [-0.4, -0.2) is 32.5 Å². The third kappa shape index (κ3) is 3.29. The second-order valence-corrected chi connectivity index (χ2v) is 5.38. The lowest BCUT2D eigenvalue weighted by molar-refractivity contribution is -0.380. The number of nitrogens with one attached hydrogen (secondary N) is 1. The number of H-pyrrole nitrogens is 1. The molecule has 0 aromatic carbocycles. The number of hydrogen-bond acceptors (Lipinski definition) is 8. The summed E-state index contributed by atoms with van der Waals surface area (Å²) in [6.07, 6.45) is 2.60. The Morgan fingerprint density at radius 3 is 3.11 bits per heavy atom. The van der Waals surface area contributed by atoms with E-state index in [9.17, 15) is 14.9 Å². The van der Waals surface area contributed by atoms with Crippen LogP contribution in [0.3, 0.4) is 0 Å². The van der Waals surface area contributed by atoms with E-state index in [0.717, 1.165) is 23.1 Å². The van der Waals surface area contributed by atoms with Crippen molar-refractivity contribution < 1.29 is 14.5 Å². The van der Waals surface area contributed by atoms with Gasteiger partial charge in [-0.2, -0.15) is 0 Å². The Hall–Kier alpha value is -1.94. The minimum Gasteiger partial charge on any atom is -0.461 e. The SMILES string of the molecule is CCOC(=O)c1c[nH]c(Sc2ncc([N+](=O)[O-])s2)n1. The molecule has 10 heteroatoms. The van der Waals surface area contributed by atoms with E-state index in [4.69, 9.17) is 4.74 Å². The van der Waals surface area contributed by atoms with Crippen LogP contribution in [0, 0.1) is 10.1 Å². The van der Waals surface area contributed by atoms with Crippen molar-refractivity contribution in [2.24, 2.45) is 0 Å². The molecule has 2 aromatic rings. The highest BCUT2D eigenvalue weighted by atomic mass is 32.2. The van der Waals surface area contributed by atoms with E-state index in [1.165, 1.54) is 12.4 Å². The Labute approximate surface area is 115 Å². The van der Waals surface area contributed by atoms with Gasteiger partial charge in [-0.15, -0.1) is 0 Å². The number of aromatic nitrogens is 3. The molecule has 19 heavy (non-hydrogen) atoms. The topological polar surface area (TPSA) is 111 Å². The quantitative estimate of drug-likeness (QED) is 0.511. The summed E-state index contributed by atoms with van der Waals surface area (Å²) in [6, 6.07) is 0. The summed E-state index contributed by atoms with van der Waals surface area (Å²) in [6.45, 7) is 1.97. The average Bonchev–Trinajstić information content (AvgIpc) is 2.99. The minimum atomic E-state index is -0.518. The maximum atomic E-state index is 11.4. The van der Waals surface area contributed by atoms with Gasteiger partial charge >= 0.3 is 11.0 Å². The fourth-order valence-corrected chi connectivity index (χ4v) is 2.79. The van der Waals surface area contributed by atoms with Gasteiger partial charge < -0.3 is 9.72 Å². The molecule has 2 rings (SSSR count). The fourth-order valence-electron chi connectivity index (χ4n) is 1.13. The van der Waals surface area contributed by atoms with Crippen molar-refractivity contribution >= 4 is 34.1 Å². The molecule has 0 aliphatic rings. The van der Waals surface area contributed by atoms with Crippen molar-refractivity contribution in [1.82, 2.24) is 15.0 Å². The summed E-state index contributed by atoms with van der Waals surface area (Å²) in [7, 11) is 0. The summed E-state index contributed by atoms with van der Waals surface area (Å²) in [5.41, 5.74) is 0.162. The molecule has 0 unspecified atom stereocenters. The van der Waals surface area contributed by atoms with Crippen molar-refractivity contribution in [1.29, 1.82) is 0 Å². The van der Waals surface area contributed by atoms with Crippen molar-refractivity contribution in [2.45, 2.75) is 16.4 Å². The molecule has 2 aromatic heterocycles. The number of rotatable bonds is 5. The normalized spacial score (nSPS) is 10.4. The van der Waals surface area contributed by atoms with Gasteiger partial charge in [0, 0.05) is 6.20 Å². The van der Waals surface area contributed by atoms with Gasteiger partial charge in [0.1, 0.15) is 6.20 Å². The molecule has 0 fully saturated rings. The van der Waals surface area contributed by atoms with Crippen LogP contribution in [0.5, 0.6) is 0 Å². The lowest BCUT2D eigenvalue weighted by Gasteiger charge is -1.95. The molecule has 8 nitrogen and oxygen atoms in total. The number of carbonyl (C=O) groups excluding carboxylic acids is 1. The van der Waals surface area contributed by atoms with Gasteiger partial charge in [0.15, 0.2) is 15.2 Å². The monoisotopic (exact) mass is 300 g/mol. The lowest BCUT2D eigenvalue weighted by Crippen LogP contribution is -2.04. The van der Waals surface area contributed by atoms with Crippen LogP contribution in [-0.2, 0) is 4.74 Å². The zero-order chi connectivity index (χ0) is 13.8. The maximum Gasteiger partial charge on any atom is 0.358 e. The van der Waals surface area contributed by atoms with Crippen LogP contribution in [0.4, 0.5) is 5.00 Å². The summed E-state index contributed by atoms with van der Waals surface area (Å²) in [4.78, 5) is 32.1. The first kappa shape index (κ1) is 13.5. The van der Waals surface area contributed by atoms with Gasteiger partial charge in [0.2, 0.25) is 0 Å². The van der Waals surface area contributed by atoms with Crippen LogP contribution < -0.4 is 0 Å². The van der Waals surface area contributed by atoms with E-state index in [1.54, 1.807) is 6.92 Å². The third-order valence-electron chi connectivity index (χ3n) is 1.88. The molecule has 0 aliphatic heterocycles. The van der Waals surface area contributed by atoms with E-state index in [-0.39, 0.29) is 17.3 Å². The Kier molecular flexibility index (Phi) is 4.12. The van der Waals surface area contributed by atoms with Crippen LogP contribution in [0.2, 0.25) is 0 Å². The Bertz CT molecular complexity index is 609. The number of thiazole rings is 1. The first-order chi connectivity index (χ1) is 9.10. The van der Waals surface area contributed by atoms with Crippen LogP contribution in [0.1, 0.15) is 17.4 Å². The molecule has 0 bridgehead atoms. The molecule has 0 saturated carbocycles. The first-order valence-corrected chi connectivity index (χ1v) is 6.74. The van der Waals surface area contributed by atoms with Crippen LogP contribution >= 0.6 is 23.1 Å². The highest BCUT2D eigenvalue weighted by Gasteiger charge is 2.15. The summed E-state index contributed by atoms with van der Waals surface area (Å²) in [5, 5.41) is 10.9. The number of nitro groups is 1. The van der Waals surface area contributed by atoms with Gasteiger partial charge in [-0.05, 0) is 30.0 Å². The van der Waals surface area contributed by atoms with Crippen molar-refractivity contribution in [3.05, 3.63) is 28.2 Å². The van der Waals surface area contributed by atoms with Gasteiger partial charge in [-0.25, -0.2) is 14.8 Å². The third-order valence-corrected chi connectivity index (χ3v) is 3.80. The molecule has 100 valence electrons. The zero-order valence-electron chi connectivity index (χ0n) is 9.65. The molecule has 1 N–H and O–H groups in total. The van der Waals surface area contributed by atoms with Gasteiger partial charge in [-0.3, -0.25) is 10.1 Å². The van der Waals surface area contributed by atoms with Crippen LogP contribution in [0.15, 0.2) is 21.9 Å². The zero-order valence-corrected chi connectivity index (χ0v) is 11.3. The standard InChI is InChI=1S/C9H8N4O4S2/c1-2-17-7(14)5-3-10-8(12-5)19-9-11-4-6(18-9)13(15)16/h3-4H,2H2,1H3,(H,10,12). The Morgan fingerprint density at radius 1 is 1.68 bits per heavy atom. The highest BCUT2D eigenvalue weighted by Crippen LogP contribution is 2.32. The predicted octanol–water partition coefficient (Wildman–Crippen LogP) is 2.10. The van der Waals surface area contributed by atoms with Crippen LogP contribution in [0.25, 0.3) is 0 Å². The number of imidazole rings is 1. The largest absolute Gasteiger partial charge is 0.461 e. The van der Waals surface area contributed by atoms with E-state index < -0.39 is 10.9 Å². The molecule has 0 spiro atoms. The second kappa shape index (κ2) is 5.80. The van der Waals surface area contributed by atoms with E-state index in [2.05, 4.69) is 15.0 Å². The molecule has 0 atom stereocenters. The van der Waals surface area contributed by atoms with Gasteiger partial charge in [-0.1, -0.05) is 0 Å². The lowest BCUT2D eigenvalue weighted by atomic mass is 10.5. The number of aromatic amines is 1. The van der Waals surface area contributed by atoms with Crippen molar-refractivity contribution in [2.75, 3.05) is 6.61 Å². The summed E-state index contributed by atoms with van der Waals surface area (Å²) >= 11 is 2.05. The Balaban J connectivity index is 2.06. The predicted molar refractivity (Wildman–Crippen MR) is 67.4 cm³/mol. The average molecular weight is 300 g/mol. The second-order valence-electron chi connectivity index (χ2n) is 3.13.